The SMILES string of the molecule is O=C1C(Br)CCN1c1ccccc1SC(F)F. The lowest BCUT2D eigenvalue weighted by molar-refractivity contribution is -0.116. The minimum Gasteiger partial charge on any atom is -0.310 e. The van der Waals surface area contributed by atoms with Crippen molar-refractivity contribution in [3.05, 3.63) is 24.3 Å². The van der Waals surface area contributed by atoms with E-state index in [4.69, 9.17) is 0 Å². The first-order valence-corrected chi connectivity index (χ1v) is 6.88. The summed E-state index contributed by atoms with van der Waals surface area (Å²) in [6, 6.07) is 6.76. The molecule has 0 spiro atoms. The Morgan fingerprint density at radius 1 is 1.41 bits per heavy atom. The Morgan fingerprint density at radius 3 is 2.71 bits per heavy atom. The minimum atomic E-state index is -2.48. The van der Waals surface area contributed by atoms with Gasteiger partial charge in [-0.1, -0.05) is 39.8 Å². The Kier molecular flexibility index (Phi) is 4.04. The first-order valence-electron chi connectivity index (χ1n) is 5.09. The Morgan fingerprint density at radius 2 is 2.12 bits per heavy atom. The Bertz CT molecular complexity index is 430. The van der Waals surface area contributed by atoms with Crippen molar-refractivity contribution >= 4 is 39.3 Å². The summed E-state index contributed by atoms with van der Waals surface area (Å²) in [7, 11) is 0. The molecule has 0 aliphatic carbocycles. The number of thioether (sulfide) groups is 1. The van der Waals surface area contributed by atoms with Gasteiger partial charge < -0.3 is 4.90 Å². The van der Waals surface area contributed by atoms with E-state index in [1.165, 1.54) is 0 Å². The standard InChI is InChI=1S/C11H10BrF2NOS/c12-7-5-6-15(10(7)16)8-3-1-2-4-9(8)17-11(13)14/h1-4,7,11H,5-6H2. The number of anilines is 1. The van der Waals surface area contributed by atoms with Gasteiger partial charge in [-0.05, 0) is 18.6 Å². The summed E-state index contributed by atoms with van der Waals surface area (Å²) >= 11 is 3.74. The Hall–Kier alpha value is -0.620. The molecule has 0 saturated carbocycles. The van der Waals surface area contributed by atoms with Gasteiger partial charge in [0.1, 0.15) is 0 Å². The van der Waals surface area contributed by atoms with Gasteiger partial charge >= 0.3 is 0 Å². The molecule has 1 saturated heterocycles. The fourth-order valence-corrected chi connectivity index (χ4v) is 2.86. The van der Waals surface area contributed by atoms with E-state index in [9.17, 15) is 13.6 Å². The van der Waals surface area contributed by atoms with E-state index >= 15 is 0 Å². The fourth-order valence-electron chi connectivity index (χ4n) is 1.76. The van der Waals surface area contributed by atoms with E-state index in [2.05, 4.69) is 15.9 Å². The summed E-state index contributed by atoms with van der Waals surface area (Å²) in [5, 5.41) is 0. The second-order valence-corrected chi connectivity index (χ2v) is 5.73. The number of hydrogen-bond acceptors (Lipinski definition) is 2. The molecule has 1 aliphatic rings. The zero-order valence-electron chi connectivity index (χ0n) is 8.78. The van der Waals surface area contributed by atoms with Crippen LogP contribution in [0.15, 0.2) is 29.2 Å². The molecule has 6 heteroatoms. The smallest absolute Gasteiger partial charge is 0.288 e. The molecule has 1 aromatic carbocycles. The number of carbonyl (C=O) groups excluding carboxylic acids is 1. The first kappa shape index (κ1) is 12.8. The average Bonchev–Trinajstić information content (AvgIpc) is 2.60. The molecule has 0 aromatic heterocycles. The predicted molar refractivity (Wildman–Crippen MR) is 68.0 cm³/mol. The number of amides is 1. The van der Waals surface area contributed by atoms with Crippen LogP contribution in [0.25, 0.3) is 0 Å². The molecule has 1 aromatic rings. The van der Waals surface area contributed by atoms with E-state index < -0.39 is 5.76 Å². The monoisotopic (exact) mass is 321 g/mol. The molecular formula is C11H10BrF2NOS. The maximum absolute atomic E-state index is 12.4. The third kappa shape index (κ3) is 2.80. The van der Waals surface area contributed by atoms with Crippen molar-refractivity contribution in [3.8, 4) is 0 Å². The number of rotatable bonds is 3. The van der Waals surface area contributed by atoms with Gasteiger partial charge in [-0.15, -0.1) is 0 Å². The molecule has 2 nitrogen and oxygen atoms in total. The van der Waals surface area contributed by atoms with E-state index in [1.807, 2.05) is 0 Å². The van der Waals surface area contributed by atoms with Crippen LogP contribution in [-0.2, 0) is 4.79 Å². The normalized spacial score (nSPS) is 20.4. The van der Waals surface area contributed by atoms with Crippen molar-refractivity contribution in [1.29, 1.82) is 0 Å². The summed E-state index contributed by atoms with van der Waals surface area (Å²) in [5.74, 6) is -2.54. The van der Waals surface area contributed by atoms with Gasteiger partial charge in [0.15, 0.2) is 0 Å². The number of carbonyl (C=O) groups is 1. The molecule has 0 radical (unpaired) electrons. The van der Waals surface area contributed by atoms with Crippen molar-refractivity contribution in [2.75, 3.05) is 11.4 Å². The molecular weight excluding hydrogens is 312 g/mol. The van der Waals surface area contributed by atoms with Crippen molar-refractivity contribution in [1.82, 2.24) is 0 Å². The van der Waals surface area contributed by atoms with E-state index in [0.717, 1.165) is 0 Å². The van der Waals surface area contributed by atoms with Crippen LogP contribution in [0.2, 0.25) is 0 Å². The topological polar surface area (TPSA) is 20.3 Å². The highest BCUT2D eigenvalue weighted by atomic mass is 79.9. The molecule has 1 fully saturated rings. The molecule has 2 rings (SSSR count). The van der Waals surface area contributed by atoms with Crippen LogP contribution < -0.4 is 4.90 Å². The maximum Gasteiger partial charge on any atom is 0.288 e. The summed E-state index contributed by atoms with van der Waals surface area (Å²) in [5.41, 5.74) is 0.574. The fraction of sp³-hybridized carbons (Fsp3) is 0.364. The molecule has 1 amide bonds. The highest BCUT2D eigenvalue weighted by molar-refractivity contribution is 9.10. The van der Waals surface area contributed by atoms with Gasteiger partial charge in [0, 0.05) is 11.4 Å². The number of para-hydroxylation sites is 1. The Labute approximate surface area is 110 Å². The van der Waals surface area contributed by atoms with E-state index in [-0.39, 0.29) is 10.7 Å². The van der Waals surface area contributed by atoms with Crippen LogP contribution in [0.5, 0.6) is 0 Å². The average molecular weight is 322 g/mol. The second kappa shape index (κ2) is 5.35. The van der Waals surface area contributed by atoms with Crippen LogP contribution in [0.4, 0.5) is 14.5 Å². The maximum atomic E-state index is 12.4. The molecule has 1 aliphatic heterocycles. The molecule has 1 heterocycles. The molecule has 0 bridgehead atoms. The van der Waals surface area contributed by atoms with Gasteiger partial charge in [-0.3, -0.25) is 4.79 Å². The zero-order valence-corrected chi connectivity index (χ0v) is 11.2. The lowest BCUT2D eigenvalue weighted by Gasteiger charge is -2.19. The second-order valence-electron chi connectivity index (χ2n) is 3.59. The largest absolute Gasteiger partial charge is 0.310 e. The summed E-state index contributed by atoms with van der Waals surface area (Å²) in [6.07, 6.45) is 0.701. The number of halogens is 3. The van der Waals surface area contributed by atoms with Crippen molar-refractivity contribution in [3.63, 3.8) is 0 Å². The third-order valence-electron chi connectivity index (χ3n) is 2.51. The number of alkyl halides is 3. The van der Waals surface area contributed by atoms with Crippen LogP contribution in [0, 0.1) is 0 Å². The zero-order chi connectivity index (χ0) is 12.4. The first-order chi connectivity index (χ1) is 8.09. The number of benzene rings is 1. The van der Waals surface area contributed by atoms with E-state index in [0.29, 0.717) is 35.3 Å². The number of hydrogen-bond donors (Lipinski definition) is 0. The summed E-state index contributed by atoms with van der Waals surface area (Å²) in [4.78, 5) is 13.6. The summed E-state index contributed by atoms with van der Waals surface area (Å²) < 4.78 is 24.8. The van der Waals surface area contributed by atoms with Crippen LogP contribution in [0.1, 0.15) is 6.42 Å². The van der Waals surface area contributed by atoms with Crippen molar-refractivity contribution < 1.29 is 13.6 Å². The van der Waals surface area contributed by atoms with Gasteiger partial charge in [-0.25, -0.2) is 0 Å². The molecule has 1 atom stereocenters. The highest BCUT2D eigenvalue weighted by Gasteiger charge is 2.31. The highest BCUT2D eigenvalue weighted by Crippen LogP contribution is 2.36. The molecule has 0 N–H and O–H groups in total. The van der Waals surface area contributed by atoms with Gasteiger partial charge in [0.2, 0.25) is 5.91 Å². The molecule has 17 heavy (non-hydrogen) atoms. The van der Waals surface area contributed by atoms with Crippen LogP contribution in [0.3, 0.4) is 0 Å². The third-order valence-corrected chi connectivity index (χ3v) is 4.14. The van der Waals surface area contributed by atoms with Crippen LogP contribution in [-0.4, -0.2) is 23.0 Å². The van der Waals surface area contributed by atoms with Gasteiger partial charge in [0.05, 0.1) is 10.5 Å². The predicted octanol–water partition coefficient (Wildman–Crippen LogP) is 3.50. The quantitative estimate of drug-likeness (QED) is 0.627. The Balaban J connectivity index is 2.29. The summed E-state index contributed by atoms with van der Waals surface area (Å²) in [6.45, 7) is 0.565. The van der Waals surface area contributed by atoms with E-state index in [1.54, 1.807) is 29.2 Å². The van der Waals surface area contributed by atoms with Crippen molar-refractivity contribution in [2.45, 2.75) is 21.9 Å². The van der Waals surface area contributed by atoms with Gasteiger partial charge in [0.25, 0.3) is 5.76 Å². The lowest BCUT2D eigenvalue weighted by atomic mass is 10.3. The molecule has 1 unspecified atom stereocenters. The van der Waals surface area contributed by atoms with Gasteiger partial charge in [-0.2, -0.15) is 8.78 Å². The van der Waals surface area contributed by atoms with Crippen LogP contribution >= 0.6 is 27.7 Å². The number of nitrogens with zero attached hydrogens (tertiary/aromatic N) is 1. The van der Waals surface area contributed by atoms with Crippen molar-refractivity contribution in [2.24, 2.45) is 0 Å². The molecule has 92 valence electrons. The minimum absolute atomic E-state index is 0.0627. The lowest BCUT2D eigenvalue weighted by Crippen LogP contribution is -2.27.